The molecule has 5 heteroatoms. The van der Waals surface area contributed by atoms with Crippen molar-refractivity contribution in [2.24, 2.45) is 0 Å². The number of hydrogen-bond acceptors (Lipinski definition) is 2. The lowest BCUT2D eigenvalue weighted by Gasteiger charge is -2.35. The van der Waals surface area contributed by atoms with E-state index in [-0.39, 0.29) is 6.04 Å². The van der Waals surface area contributed by atoms with Crippen LogP contribution in [-0.2, 0) is 13.0 Å². The van der Waals surface area contributed by atoms with E-state index in [9.17, 15) is 8.78 Å². The van der Waals surface area contributed by atoms with Crippen molar-refractivity contribution in [1.82, 2.24) is 14.9 Å². The standard InChI is InChI=1S/C24H21F2N3/c1-15-6-4-11-21(27-15)24-23-18(17-8-2-3-10-20(17)28-23)12-13-29(24)14-16-7-5-9-19(25)22(16)26/h2-11,24,28H,12-14H2,1H3. The molecular formula is C24H21F2N3. The number of aryl methyl sites for hydroxylation is 1. The van der Waals surface area contributed by atoms with Gasteiger partial charge in [-0.15, -0.1) is 0 Å². The fourth-order valence-electron chi connectivity index (χ4n) is 4.40. The number of aromatic amines is 1. The van der Waals surface area contributed by atoms with E-state index in [4.69, 9.17) is 4.98 Å². The van der Waals surface area contributed by atoms with E-state index in [1.54, 1.807) is 12.1 Å². The van der Waals surface area contributed by atoms with Crippen LogP contribution >= 0.6 is 0 Å². The molecule has 4 aromatic rings. The van der Waals surface area contributed by atoms with Gasteiger partial charge >= 0.3 is 0 Å². The Morgan fingerprint density at radius 3 is 2.72 bits per heavy atom. The molecule has 3 nitrogen and oxygen atoms in total. The molecule has 0 bridgehead atoms. The molecule has 146 valence electrons. The van der Waals surface area contributed by atoms with E-state index >= 15 is 0 Å². The molecular weight excluding hydrogens is 368 g/mol. The fourth-order valence-corrected chi connectivity index (χ4v) is 4.40. The van der Waals surface area contributed by atoms with Gasteiger partial charge in [-0.1, -0.05) is 36.4 Å². The quantitative estimate of drug-likeness (QED) is 0.516. The summed E-state index contributed by atoms with van der Waals surface area (Å²) in [7, 11) is 0. The molecule has 2 aromatic carbocycles. The summed E-state index contributed by atoms with van der Waals surface area (Å²) >= 11 is 0. The molecule has 1 aliphatic rings. The van der Waals surface area contributed by atoms with E-state index in [0.29, 0.717) is 12.1 Å². The van der Waals surface area contributed by atoms with Crippen molar-refractivity contribution in [3.05, 3.63) is 101 Å². The van der Waals surface area contributed by atoms with Gasteiger partial charge in [0.2, 0.25) is 0 Å². The minimum Gasteiger partial charge on any atom is -0.357 e. The molecule has 0 spiro atoms. The summed E-state index contributed by atoms with van der Waals surface area (Å²) in [6, 6.07) is 18.5. The first-order valence-corrected chi connectivity index (χ1v) is 9.82. The zero-order valence-corrected chi connectivity index (χ0v) is 16.1. The molecule has 1 N–H and O–H groups in total. The second-order valence-corrected chi connectivity index (χ2v) is 7.60. The zero-order chi connectivity index (χ0) is 20.0. The Balaban J connectivity index is 1.64. The van der Waals surface area contributed by atoms with Crippen molar-refractivity contribution in [3.8, 4) is 0 Å². The molecule has 0 aliphatic carbocycles. The normalized spacial score (nSPS) is 16.9. The first kappa shape index (κ1) is 18.0. The van der Waals surface area contributed by atoms with Crippen LogP contribution in [0.15, 0.2) is 60.7 Å². The highest BCUT2D eigenvalue weighted by Gasteiger charge is 2.33. The third kappa shape index (κ3) is 3.12. The summed E-state index contributed by atoms with van der Waals surface area (Å²) in [6.45, 7) is 3.03. The predicted octanol–water partition coefficient (Wildman–Crippen LogP) is 5.30. The molecule has 3 heterocycles. The number of hydrogen-bond donors (Lipinski definition) is 1. The number of aromatic nitrogens is 2. The Bertz CT molecular complexity index is 1200. The minimum absolute atomic E-state index is 0.145. The first-order valence-electron chi connectivity index (χ1n) is 9.82. The van der Waals surface area contributed by atoms with Gasteiger partial charge in [-0.2, -0.15) is 0 Å². The maximum Gasteiger partial charge on any atom is 0.163 e. The number of fused-ring (bicyclic) bond motifs is 3. The van der Waals surface area contributed by atoms with Crippen molar-refractivity contribution in [2.75, 3.05) is 6.54 Å². The van der Waals surface area contributed by atoms with Crippen LogP contribution in [0.1, 0.15) is 34.3 Å². The van der Waals surface area contributed by atoms with Gasteiger partial charge in [0, 0.05) is 40.9 Å². The number of nitrogens with zero attached hydrogens (tertiary/aromatic N) is 2. The van der Waals surface area contributed by atoms with Crippen LogP contribution in [-0.4, -0.2) is 21.4 Å². The second kappa shape index (κ2) is 7.08. The first-order chi connectivity index (χ1) is 14.1. The van der Waals surface area contributed by atoms with Gasteiger partial charge in [0.05, 0.1) is 11.7 Å². The summed E-state index contributed by atoms with van der Waals surface area (Å²) in [5.74, 6) is -1.58. The van der Waals surface area contributed by atoms with Crippen molar-refractivity contribution in [3.63, 3.8) is 0 Å². The van der Waals surface area contributed by atoms with E-state index < -0.39 is 11.6 Å². The Labute approximate surface area is 168 Å². The molecule has 2 aromatic heterocycles. The smallest absolute Gasteiger partial charge is 0.163 e. The molecule has 0 amide bonds. The SMILES string of the molecule is Cc1cccc(C2c3[nH]c4ccccc4c3CCN2Cc2cccc(F)c2F)n1. The summed E-state index contributed by atoms with van der Waals surface area (Å²) in [5, 5.41) is 1.22. The molecule has 0 radical (unpaired) electrons. The van der Waals surface area contributed by atoms with Gasteiger partial charge in [-0.05, 0) is 43.2 Å². The monoisotopic (exact) mass is 389 g/mol. The highest BCUT2D eigenvalue weighted by molar-refractivity contribution is 5.85. The van der Waals surface area contributed by atoms with Crippen LogP contribution in [0, 0.1) is 18.6 Å². The van der Waals surface area contributed by atoms with Crippen LogP contribution in [0.2, 0.25) is 0 Å². The van der Waals surface area contributed by atoms with E-state index in [1.165, 1.54) is 10.9 Å². The number of pyridine rings is 1. The van der Waals surface area contributed by atoms with Crippen molar-refractivity contribution >= 4 is 10.9 Å². The highest BCUT2D eigenvalue weighted by atomic mass is 19.2. The molecule has 0 fully saturated rings. The van der Waals surface area contributed by atoms with Crippen molar-refractivity contribution < 1.29 is 8.78 Å². The number of halogens is 2. The highest BCUT2D eigenvalue weighted by Crippen LogP contribution is 2.38. The number of rotatable bonds is 3. The Kier molecular flexibility index (Phi) is 4.40. The molecule has 1 unspecified atom stereocenters. The van der Waals surface area contributed by atoms with Crippen LogP contribution in [0.5, 0.6) is 0 Å². The summed E-state index contributed by atoms with van der Waals surface area (Å²) < 4.78 is 28.2. The number of para-hydroxylation sites is 1. The van der Waals surface area contributed by atoms with Crippen LogP contribution in [0.3, 0.4) is 0 Å². The molecule has 0 saturated carbocycles. The lowest BCUT2D eigenvalue weighted by atomic mass is 9.94. The zero-order valence-electron chi connectivity index (χ0n) is 16.1. The van der Waals surface area contributed by atoms with Crippen LogP contribution in [0.4, 0.5) is 8.78 Å². The van der Waals surface area contributed by atoms with Crippen LogP contribution in [0.25, 0.3) is 10.9 Å². The van der Waals surface area contributed by atoms with Gasteiger partial charge in [0.15, 0.2) is 11.6 Å². The Morgan fingerprint density at radius 2 is 1.86 bits per heavy atom. The van der Waals surface area contributed by atoms with Crippen molar-refractivity contribution in [2.45, 2.75) is 25.9 Å². The molecule has 1 atom stereocenters. The summed E-state index contributed by atoms with van der Waals surface area (Å²) in [6.07, 6.45) is 0.846. The second-order valence-electron chi connectivity index (χ2n) is 7.60. The lowest BCUT2D eigenvalue weighted by Crippen LogP contribution is -2.36. The van der Waals surface area contributed by atoms with Gasteiger partial charge in [-0.3, -0.25) is 9.88 Å². The molecule has 29 heavy (non-hydrogen) atoms. The number of benzene rings is 2. The van der Waals surface area contributed by atoms with E-state index in [0.717, 1.165) is 41.6 Å². The van der Waals surface area contributed by atoms with Gasteiger partial charge in [0.25, 0.3) is 0 Å². The Hall–Kier alpha value is -3.05. The van der Waals surface area contributed by atoms with Crippen molar-refractivity contribution in [1.29, 1.82) is 0 Å². The van der Waals surface area contributed by atoms with Gasteiger partial charge in [-0.25, -0.2) is 8.78 Å². The average Bonchev–Trinajstić information content (AvgIpc) is 3.10. The van der Waals surface area contributed by atoms with Gasteiger partial charge < -0.3 is 4.98 Å². The van der Waals surface area contributed by atoms with Gasteiger partial charge in [0.1, 0.15) is 0 Å². The molecule has 5 rings (SSSR count). The predicted molar refractivity (Wildman–Crippen MR) is 110 cm³/mol. The molecule has 0 saturated heterocycles. The minimum atomic E-state index is -0.809. The number of H-pyrrole nitrogens is 1. The summed E-state index contributed by atoms with van der Waals surface area (Å²) in [5.41, 5.74) is 5.67. The largest absolute Gasteiger partial charge is 0.357 e. The molecule has 1 aliphatic heterocycles. The van der Waals surface area contributed by atoms with E-state index in [2.05, 4.69) is 22.0 Å². The topological polar surface area (TPSA) is 31.9 Å². The summed E-state index contributed by atoms with van der Waals surface area (Å²) in [4.78, 5) is 10.5. The Morgan fingerprint density at radius 1 is 1.03 bits per heavy atom. The van der Waals surface area contributed by atoms with Crippen LogP contribution < -0.4 is 0 Å². The number of nitrogens with one attached hydrogen (secondary N) is 1. The van der Waals surface area contributed by atoms with E-state index in [1.807, 2.05) is 37.3 Å². The fraction of sp³-hybridized carbons (Fsp3) is 0.208. The third-order valence-corrected chi connectivity index (χ3v) is 5.73. The average molecular weight is 389 g/mol. The maximum atomic E-state index is 14.4. The third-order valence-electron chi connectivity index (χ3n) is 5.73. The lowest BCUT2D eigenvalue weighted by molar-refractivity contribution is 0.195. The maximum absolute atomic E-state index is 14.4.